The molecule has 1 aliphatic carbocycles. The monoisotopic (exact) mass is 327 g/mol. The number of furan rings is 1. The highest BCUT2D eigenvalue weighted by Crippen LogP contribution is 2.47. The molecule has 0 unspecified atom stereocenters. The number of halogens is 1. The summed E-state index contributed by atoms with van der Waals surface area (Å²) in [6, 6.07) is 19.3. The molecular weight excluding hydrogens is 306 g/mol. The van der Waals surface area contributed by atoms with Crippen LogP contribution in [0.4, 0.5) is 0 Å². The second-order valence-electron chi connectivity index (χ2n) is 6.47. The first-order valence-electron chi connectivity index (χ1n) is 8.00. The summed E-state index contributed by atoms with van der Waals surface area (Å²) in [5.74, 6) is 1.55. The van der Waals surface area contributed by atoms with Crippen molar-refractivity contribution in [1.82, 2.24) is 4.90 Å². The van der Waals surface area contributed by atoms with Gasteiger partial charge in [0.2, 0.25) is 0 Å². The van der Waals surface area contributed by atoms with Crippen molar-refractivity contribution in [2.45, 2.75) is 18.9 Å². The van der Waals surface area contributed by atoms with Crippen molar-refractivity contribution in [3.63, 3.8) is 0 Å². The maximum atomic E-state index is 5.63. The van der Waals surface area contributed by atoms with Crippen LogP contribution in [0.15, 0.2) is 65.3 Å². The second-order valence-corrected chi connectivity index (χ2v) is 6.47. The summed E-state index contributed by atoms with van der Waals surface area (Å²) in [6.45, 7) is 2.10. The van der Waals surface area contributed by atoms with Gasteiger partial charge in [0.1, 0.15) is 5.58 Å². The van der Waals surface area contributed by atoms with Gasteiger partial charge in [-0.25, -0.2) is 0 Å². The average molecular weight is 328 g/mol. The molecule has 1 fully saturated rings. The van der Waals surface area contributed by atoms with Crippen molar-refractivity contribution in [2.75, 3.05) is 13.6 Å². The lowest BCUT2D eigenvalue weighted by Gasteiger charge is -2.17. The van der Waals surface area contributed by atoms with E-state index in [1.165, 1.54) is 22.9 Å². The van der Waals surface area contributed by atoms with Crippen LogP contribution >= 0.6 is 12.4 Å². The molecule has 23 heavy (non-hydrogen) atoms. The molecule has 2 atom stereocenters. The zero-order valence-corrected chi connectivity index (χ0v) is 14.1. The minimum atomic E-state index is 0. The Morgan fingerprint density at radius 2 is 1.87 bits per heavy atom. The van der Waals surface area contributed by atoms with Crippen molar-refractivity contribution in [2.24, 2.45) is 5.92 Å². The van der Waals surface area contributed by atoms with Gasteiger partial charge in [-0.05, 0) is 36.9 Å². The van der Waals surface area contributed by atoms with E-state index in [1.54, 1.807) is 6.26 Å². The quantitative estimate of drug-likeness (QED) is 0.649. The summed E-state index contributed by atoms with van der Waals surface area (Å²) in [7, 11) is 2.21. The zero-order chi connectivity index (χ0) is 14.9. The first-order chi connectivity index (χ1) is 10.8. The smallest absolute Gasteiger partial charge is 0.138 e. The van der Waals surface area contributed by atoms with E-state index in [0.29, 0.717) is 0 Å². The SMILES string of the molecule is CN(Cc1cccc2ccoc12)C[C@@H]1C[C@H]1c1ccccc1.Cl. The normalized spacial score (nSPS) is 19.7. The van der Waals surface area contributed by atoms with E-state index in [-0.39, 0.29) is 12.4 Å². The van der Waals surface area contributed by atoms with E-state index in [4.69, 9.17) is 4.42 Å². The molecule has 3 aromatic rings. The van der Waals surface area contributed by atoms with Crippen molar-refractivity contribution >= 4 is 23.4 Å². The van der Waals surface area contributed by atoms with Crippen LogP contribution in [0.25, 0.3) is 11.0 Å². The predicted octanol–water partition coefficient (Wildman–Crippen LogP) is 5.09. The molecule has 0 saturated heterocycles. The number of para-hydroxylation sites is 1. The van der Waals surface area contributed by atoms with Crippen LogP contribution in [0, 0.1) is 5.92 Å². The standard InChI is InChI=1S/C20H21NO.ClH/c1-21(13-17-9-5-8-16-10-11-22-20(16)17)14-18-12-19(18)15-6-3-2-4-7-15;/h2-11,18-19H,12-14H2,1H3;1H/t18-,19-;/m0./s1. The topological polar surface area (TPSA) is 16.4 Å². The van der Waals surface area contributed by atoms with E-state index < -0.39 is 0 Å². The second kappa shape index (κ2) is 6.77. The van der Waals surface area contributed by atoms with Crippen LogP contribution in [0.5, 0.6) is 0 Å². The van der Waals surface area contributed by atoms with Gasteiger partial charge in [-0.3, -0.25) is 0 Å². The van der Waals surface area contributed by atoms with Crippen LogP contribution in [0.3, 0.4) is 0 Å². The number of hydrogen-bond acceptors (Lipinski definition) is 2. The lowest BCUT2D eigenvalue weighted by Crippen LogP contribution is -2.21. The molecule has 1 aromatic heterocycles. The fourth-order valence-electron chi connectivity index (χ4n) is 3.49. The molecule has 0 radical (unpaired) electrons. The van der Waals surface area contributed by atoms with Gasteiger partial charge in [-0.1, -0.05) is 48.5 Å². The van der Waals surface area contributed by atoms with Crippen molar-refractivity contribution in [1.29, 1.82) is 0 Å². The van der Waals surface area contributed by atoms with Gasteiger partial charge in [-0.15, -0.1) is 12.4 Å². The van der Waals surface area contributed by atoms with Gasteiger partial charge < -0.3 is 9.32 Å². The van der Waals surface area contributed by atoms with Crippen LogP contribution in [-0.2, 0) is 6.54 Å². The molecular formula is C20H22ClNO. The van der Waals surface area contributed by atoms with Crippen LogP contribution < -0.4 is 0 Å². The number of benzene rings is 2. The first kappa shape index (κ1) is 16.1. The van der Waals surface area contributed by atoms with Gasteiger partial charge in [0.15, 0.2) is 0 Å². The molecule has 1 heterocycles. The molecule has 3 heteroatoms. The Kier molecular flexibility index (Phi) is 4.74. The van der Waals surface area contributed by atoms with Gasteiger partial charge >= 0.3 is 0 Å². The maximum Gasteiger partial charge on any atom is 0.138 e. The molecule has 1 aliphatic rings. The van der Waals surface area contributed by atoms with Crippen LogP contribution in [-0.4, -0.2) is 18.5 Å². The fraction of sp³-hybridized carbons (Fsp3) is 0.300. The minimum Gasteiger partial charge on any atom is -0.464 e. The first-order valence-corrected chi connectivity index (χ1v) is 8.00. The van der Waals surface area contributed by atoms with Gasteiger partial charge in [0.25, 0.3) is 0 Å². The third-order valence-corrected chi connectivity index (χ3v) is 4.70. The number of rotatable bonds is 5. The van der Waals surface area contributed by atoms with Gasteiger partial charge in [0, 0.05) is 24.0 Å². The molecule has 120 valence electrons. The Hall–Kier alpha value is -1.77. The van der Waals surface area contributed by atoms with E-state index in [9.17, 15) is 0 Å². The maximum absolute atomic E-state index is 5.63. The third kappa shape index (κ3) is 3.44. The molecule has 0 bridgehead atoms. The summed E-state index contributed by atoms with van der Waals surface area (Å²) < 4.78 is 5.63. The number of hydrogen-bond donors (Lipinski definition) is 0. The van der Waals surface area contributed by atoms with Gasteiger partial charge in [-0.2, -0.15) is 0 Å². The zero-order valence-electron chi connectivity index (χ0n) is 13.3. The lowest BCUT2D eigenvalue weighted by atomic mass is 10.1. The largest absolute Gasteiger partial charge is 0.464 e. The Morgan fingerprint density at radius 3 is 2.70 bits per heavy atom. The van der Waals surface area contributed by atoms with Crippen molar-refractivity contribution in [3.8, 4) is 0 Å². The Labute approximate surface area is 143 Å². The van der Waals surface area contributed by atoms with Crippen LogP contribution in [0.2, 0.25) is 0 Å². The van der Waals surface area contributed by atoms with E-state index in [1.807, 2.05) is 6.07 Å². The highest BCUT2D eigenvalue weighted by Gasteiger charge is 2.38. The van der Waals surface area contributed by atoms with Crippen LogP contribution in [0.1, 0.15) is 23.5 Å². The molecule has 1 saturated carbocycles. The molecule has 2 aromatic carbocycles. The predicted molar refractivity (Wildman–Crippen MR) is 97.1 cm³/mol. The summed E-state index contributed by atoms with van der Waals surface area (Å²) in [6.07, 6.45) is 3.10. The number of nitrogens with zero attached hydrogens (tertiary/aromatic N) is 1. The fourth-order valence-corrected chi connectivity index (χ4v) is 3.49. The number of fused-ring (bicyclic) bond motifs is 1. The molecule has 2 nitrogen and oxygen atoms in total. The summed E-state index contributed by atoms with van der Waals surface area (Å²) >= 11 is 0. The average Bonchev–Trinajstić information content (AvgIpc) is 3.12. The molecule has 0 aliphatic heterocycles. The Morgan fingerprint density at radius 1 is 1.04 bits per heavy atom. The lowest BCUT2D eigenvalue weighted by molar-refractivity contribution is 0.310. The molecule has 0 spiro atoms. The molecule has 0 N–H and O–H groups in total. The Bertz CT molecular complexity index is 767. The summed E-state index contributed by atoms with van der Waals surface area (Å²) in [4.78, 5) is 2.42. The van der Waals surface area contributed by atoms with Crippen molar-refractivity contribution in [3.05, 3.63) is 72.0 Å². The van der Waals surface area contributed by atoms with E-state index in [0.717, 1.165) is 30.5 Å². The molecule has 4 rings (SSSR count). The summed E-state index contributed by atoms with van der Waals surface area (Å²) in [5.41, 5.74) is 3.81. The molecule has 0 amide bonds. The minimum absolute atomic E-state index is 0. The highest BCUT2D eigenvalue weighted by molar-refractivity contribution is 5.85. The summed E-state index contributed by atoms with van der Waals surface area (Å²) in [5, 5.41) is 1.19. The highest BCUT2D eigenvalue weighted by atomic mass is 35.5. The Balaban J connectivity index is 0.00000156. The van der Waals surface area contributed by atoms with Gasteiger partial charge in [0.05, 0.1) is 6.26 Å². The third-order valence-electron chi connectivity index (χ3n) is 4.70. The van der Waals surface area contributed by atoms with E-state index >= 15 is 0 Å². The van der Waals surface area contributed by atoms with Crippen molar-refractivity contribution < 1.29 is 4.42 Å². The van der Waals surface area contributed by atoms with E-state index in [2.05, 4.69) is 60.5 Å².